The van der Waals surface area contributed by atoms with E-state index in [0.717, 1.165) is 34.0 Å². The number of nitrogens with one attached hydrogen (secondary N) is 1. The lowest BCUT2D eigenvalue weighted by atomic mass is 10.1. The monoisotopic (exact) mass is 397 g/mol. The van der Waals surface area contributed by atoms with Crippen LogP contribution in [-0.4, -0.2) is 28.5 Å². The molecule has 0 unspecified atom stereocenters. The summed E-state index contributed by atoms with van der Waals surface area (Å²) in [6.07, 6.45) is 7.08. The highest BCUT2D eigenvalue weighted by Gasteiger charge is 2.14. The number of rotatable bonds is 4. The van der Waals surface area contributed by atoms with Crippen molar-refractivity contribution >= 4 is 23.3 Å². The number of aromatic nitrogens is 2. The van der Waals surface area contributed by atoms with Gasteiger partial charge in [-0.25, -0.2) is 4.98 Å². The number of carbonyl (C=O) groups is 1. The number of fused-ring (bicyclic) bond motifs is 2. The number of hydrogen-bond acceptors (Lipinski definition) is 4. The Hall–Kier alpha value is -4.06. The Labute approximate surface area is 173 Å². The SMILES string of the molecule is O=C(/C=C/c1ccccc1)Nc1ccc2nc(-c3ccc4c(c3)OCCO4)cn2c1. The molecule has 6 heteroatoms. The number of carbonyl (C=O) groups excluding carboxylic acids is 1. The van der Waals surface area contributed by atoms with E-state index < -0.39 is 0 Å². The Bertz CT molecular complexity index is 1250. The molecule has 5 rings (SSSR count). The molecule has 1 aliphatic rings. The molecule has 0 spiro atoms. The van der Waals surface area contributed by atoms with E-state index in [1.807, 2.05) is 77.5 Å². The number of pyridine rings is 1. The maximum atomic E-state index is 12.2. The van der Waals surface area contributed by atoms with Gasteiger partial charge in [-0.05, 0) is 42.0 Å². The zero-order chi connectivity index (χ0) is 20.3. The maximum absolute atomic E-state index is 12.2. The molecule has 1 N–H and O–H groups in total. The second-order valence-electron chi connectivity index (χ2n) is 6.90. The molecule has 0 bridgehead atoms. The van der Waals surface area contributed by atoms with E-state index in [1.165, 1.54) is 6.08 Å². The second-order valence-corrected chi connectivity index (χ2v) is 6.90. The fourth-order valence-electron chi connectivity index (χ4n) is 3.33. The summed E-state index contributed by atoms with van der Waals surface area (Å²) in [5.74, 6) is 1.29. The minimum atomic E-state index is -0.189. The summed E-state index contributed by atoms with van der Waals surface area (Å²) in [5.41, 5.74) is 4.22. The fraction of sp³-hybridized carbons (Fsp3) is 0.0833. The zero-order valence-electron chi connectivity index (χ0n) is 16.1. The van der Waals surface area contributed by atoms with Crippen LogP contribution in [0.15, 0.2) is 79.1 Å². The van der Waals surface area contributed by atoms with Gasteiger partial charge in [0.1, 0.15) is 18.9 Å². The number of imidazole rings is 1. The van der Waals surface area contributed by atoms with Gasteiger partial charge < -0.3 is 19.2 Å². The van der Waals surface area contributed by atoms with Gasteiger partial charge in [0.05, 0.1) is 11.4 Å². The zero-order valence-corrected chi connectivity index (χ0v) is 16.1. The van der Waals surface area contributed by atoms with E-state index >= 15 is 0 Å². The van der Waals surface area contributed by atoms with Gasteiger partial charge in [0.15, 0.2) is 11.5 Å². The Balaban J connectivity index is 1.35. The first-order chi connectivity index (χ1) is 14.7. The van der Waals surface area contributed by atoms with Crippen molar-refractivity contribution in [1.82, 2.24) is 9.38 Å². The topological polar surface area (TPSA) is 64.9 Å². The van der Waals surface area contributed by atoms with Crippen molar-refractivity contribution in [3.63, 3.8) is 0 Å². The normalized spacial score (nSPS) is 12.9. The van der Waals surface area contributed by atoms with Gasteiger partial charge in [-0.1, -0.05) is 30.3 Å². The van der Waals surface area contributed by atoms with Crippen LogP contribution < -0.4 is 14.8 Å². The lowest BCUT2D eigenvalue weighted by Gasteiger charge is -2.18. The third kappa shape index (κ3) is 3.75. The summed E-state index contributed by atoms with van der Waals surface area (Å²) in [6.45, 7) is 1.11. The summed E-state index contributed by atoms with van der Waals surface area (Å²) in [7, 11) is 0. The fourth-order valence-corrected chi connectivity index (χ4v) is 3.33. The number of ether oxygens (including phenoxy) is 2. The van der Waals surface area contributed by atoms with Crippen LogP contribution in [0.5, 0.6) is 11.5 Å². The van der Waals surface area contributed by atoms with Gasteiger partial charge in [-0.3, -0.25) is 4.79 Å². The molecular weight excluding hydrogens is 378 g/mol. The molecule has 0 radical (unpaired) electrons. The van der Waals surface area contributed by atoms with E-state index in [-0.39, 0.29) is 5.91 Å². The molecule has 1 aliphatic heterocycles. The predicted molar refractivity (Wildman–Crippen MR) is 116 cm³/mol. The van der Waals surface area contributed by atoms with E-state index in [2.05, 4.69) is 10.3 Å². The molecule has 30 heavy (non-hydrogen) atoms. The van der Waals surface area contributed by atoms with Crippen molar-refractivity contribution in [3.05, 3.63) is 84.7 Å². The van der Waals surface area contributed by atoms with Crippen LogP contribution in [0.25, 0.3) is 23.0 Å². The summed E-state index contributed by atoms with van der Waals surface area (Å²) < 4.78 is 13.1. The largest absolute Gasteiger partial charge is 0.486 e. The van der Waals surface area contributed by atoms with Crippen LogP contribution in [0.3, 0.4) is 0 Å². The molecule has 0 aliphatic carbocycles. The van der Waals surface area contributed by atoms with Gasteiger partial charge in [-0.2, -0.15) is 0 Å². The van der Waals surface area contributed by atoms with Gasteiger partial charge >= 0.3 is 0 Å². The minimum Gasteiger partial charge on any atom is -0.486 e. The van der Waals surface area contributed by atoms with E-state index in [1.54, 1.807) is 6.08 Å². The van der Waals surface area contributed by atoms with Crippen LogP contribution in [-0.2, 0) is 4.79 Å². The predicted octanol–water partition coefficient (Wildman–Crippen LogP) is 4.42. The molecule has 6 nitrogen and oxygen atoms in total. The summed E-state index contributed by atoms with van der Waals surface area (Å²) >= 11 is 0. The third-order valence-corrected chi connectivity index (χ3v) is 4.78. The first kappa shape index (κ1) is 18.0. The molecule has 0 saturated carbocycles. The molecular formula is C24H19N3O3. The van der Waals surface area contributed by atoms with Crippen molar-refractivity contribution in [1.29, 1.82) is 0 Å². The van der Waals surface area contributed by atoms with Crippen molar-refractivity contribution < 1.29 is 14.3 Å². The average molecular weight is 397 g/mol. The Morgan fingerprint density at radius 1 is 0.967 bits per heavy atom. The van der Waals surface area contributed by atoms with Crippen molar-refractivity contribution in [2.75, 3.05) is 18.5 Å². The van der Waals surface area contributed by atoms with Crippen molar-refractivity contribution in [2.24, 2.45) is 0 Å². The highest BCUT2D eigenvalue weighted by Crippen LogP contribution is 2.34. The standard InChI is InChI=1S/C24H19N3O3/c28-24(11-6-17-4-2-1-3-5-17)25-19-8-10-23-26-20(16-27(23)15-19)18-7-9-21-22(14-18)30-13-12-29-21/h1-11,14-16H,12-13H2,(H,25,28)/b11-6+. The summed E-state index contributed by atoms with van der Waals surface area (Å²) in [5, 5.41) is 2.88. The summed E-state index contributed by atoms with van der Waals surface area (Å²) in [6, 6.07) is 19.2. The first-order valence-electron chi connectivity index (χ1n) is 9.67. The highest BCUT2D eigenvalue weighted by molar-refractivity contribution is 6.01. The van der Waals surface area contributed by atoms with Gasteiger partial charge in [0.2, 0.25) is 5.91 Å². The molecule has 2 aromatic carbocycles. The number of benzene rings is 2. The molecule has 0 saturated heterocycles. The van der Waals surface area contributed by atoms with Crippen LogP contribution >= 0.6 is 0 Å². The maximum Gasteiger partial charge on any atom is 0.248 e. The Morgan fingerprint density at radius 3 is 2.67 bits per heavy atom. The van der Waals surface area contributed by atoms with Crippen molar-refractivity contribution in [2.45, 2.75) is 0 Å². The molecule has 3 heterocycles. The van der Waals surface area contributed by atoms with E-state index in [4.69, 9.17) is 9.47 Å². The smallest absolute Gasteiger partial charge is 0.248 e. The summed E-state index contributed by atoms with van der Waals surface area (Å²) in [4.78, 5) is 16.9. The molecule has 4 aromatic rings. The highest BCUT2D eigenvalue weighted by atomic mass is 16.6. The van der Waals surface area contributed by atoms with E-state index in [0.29, 0.717) is 18.9 Å². The average Bonchev–Trinajstić information content (AvgIpc) is 3.21. The molecule has 148 valence electrons. The quantitative estimate of drug-likeness (QED) is 0.518. The number of anilines is 1. The second kappa shape index (κ2) is 7.75. The van der Waals surface area contributed by atoms with Gasteiger partial charge in [0.25, 0.3) is 0 Å². The Morgan fingerprint density at radius 2 is 1.80 bits per heavy atom. The molecule has 0 fully saturated rings. The van der Waals surface area contributed by atoms with Gasteiger partial charge in [-0.15, -0.1) is 0 Å². The molecule has 0 atom stereocenters. The number of hydrogen-bond donors (Lipinski definition) is 1. The minimum absolute atomic E-state index is 0.189. The van der Waals surface area contributed by atoms with E-state index in [9.17, 15) is 4.79 Å². The van der Waals surface area contributed by atoms with Crippen molar-refractivity contribution in [3.8, 4) is 22.8 Å². The lowest BCUT2D eigenvalue weighted by Crippen LogP contribution is -2.15. The Kier molecular flexibility index (Phi) is 4.65. The lowest BCUT2D eigenvalue weighted by molar-refractivity contribution is -0.111. The molecule has 2 aromatic heterocycles. The number of nitrogens with zero attached hydrogens (tertiary/aromatic N) is 2. The van der Waals surface area contributed by atoms with Crippen LogP contribution in [0.4, 0.5) is 5.69 Å². The van der Waals surface area contributed by atoms with Crippen LogP contribution in [0.2, 0.25) is 0 Å². The molecule has 1 amide bonds. The number of amides is 1. The van der Waals surface area contributed by atoms with Gasteiger partial charge in [0, 0.05) is 24.0 Å². The van der Waals surface area contributed by atoms with Crippen LogP contribution in [0, 0.1) is 0 Å². The van der Waals surface area contributed by atoms with Crippen LogP contribution in [0.1, 0.15) is 5.56 Å². The third-order valence-electron chi connectivity index (χ3n) is 4.78. The first-order valence-corrected chi connectivity index (χ1v) is 9.67.